The Labute approximate surface area is 340 Å². The number of carbonyl (C=O) groups is 4. The monoisotopic (exact) mass is 789 g/mol. The normalized spacial score (nSPS) is 11.4. The topological polar surface area (TPSA) is 142 Å². The van der Waals surface area contributed by atoms with Gasteiger partial charge < -0.3 is 27.0 Å². The van der Waals surface area contributed by atoms with E-state index in [1.807, 2.05) is 119 Å². The maximum atomic E-state index is 13.2. The number of rotatable bonds is 13. The molecule has 0 aliphatic rings. The summed E-state index contributed by atoms with van der Waals surface area (Å²) >= 11 is 9.10. The molecular formula is C44H63N5O4S2. The highest BCUT2D eigenvalue weighted by molar-refractivity contribution is 7.82. The number of thiol groups is 2. The van der Waals surface area contributed by atoms with Gasteiger partial charge in [0, 0.05) is 40.3 Å². The summed E-state index contributed by atoms with van der Waals surface area (Å²) in [5, 5.41) is 11.2. The van der Waals surface area contributed by atoms with Gasteiger partial charge >= 0.3 is 0 Å². The molecule has 55 heavy (non-hydrogen) atoms. The molecule has 4 aromatic rings. The molecule has 4 amide bonds. The average molecular weight is 790 g/mol. The molecule has 0 aromatic heterocycles. The number of nitrogens with one attached hydrogen (secondary N) is 4. The summed E-state index contributed by atoms with van der Waals surface area (Å²) in [6, 6.07) is 33.0. The van der Waals surface area contributed by atoms with Crippen LogP contribution >= 0.6 is 25.3 Å². The van der Waals surface area contributed by atoms with Crippen LogP contribution in [0.3, 0.4) is 0 Å². The minimum atomic E-state index is -0.961. The van der Waals surface area contributed by atoms with Gasteiger partial charge in [0.25, 0.3) is 11.8 Å². The van der Waals surface area contributed by atoms with E-state index in [2.05, 4.69) is 46.5 Å². The van der Waals surface area contributed by atoms with Gasteiger partial charge in [-0.05, 0) is 62.6 Å². The molecule has 0 saturated heterocycles. The molecule has 0 heterocycles. The summed E-state index contributed by atoms with van der Waals surface area (Å²) < 4.78 is -1.77. The minimum Gasteiger partial charge on any atom is -0.350 e. The van der Waals surface area contributed by atoms with Gasteiger partial charge in [-0.1, -0.05) is 132 Å². The third kappa shape index (κ3) is 18.5. The van der Waals surface area contributed by atoms with Crippen LogP contribution in [0.4, 0.5) is 0 Å². The summed E-state index contributed by atoms with van der Waals surface area (Å²) in [6.45, 7) is 16.2. The molecule has 4 rings (SSSR count). The fourth-order valence-corrected chi connectivity index (χ4v) is 5.11. The van der Waals surface area contributed by atoms with Crippen molar-refractivity contribution in [1.29, 1.82) is 0 Å². The van der Waals surface area contributed by atoms with E-state index in [0.717, 1.165) is 11.1 Å². The third-order valence-electron chi connectivity index (χ3n) is 7.57. The van der Waals surface area contributed by atoms with Crippen molar-refractivity contribution < 1.29 is 19.2 Å². The lowest BCUT2D eigenvalue weighted by Crippen LogP contribution is -2.55. The van der Waals surface area contributed by atoms with Crippen LogP contribution in [0.25, 0.3) is 0 Å². The molecule has 0 aliphatic heterocycles. The minimum absolute atomic E-state index is 0. The van der Waals surface area contributed by atoms with Crippen LogP contribution in [0.2, 0.25) is 0 Å². The van der Waals surface area contributed by atoms with E-state index in [9.17, 15) is 19.2 Å². The molecular weight excluding hydrogens is 727 g/mol. The summed E-state index contributed by atoms with van der Waals surface area (Å²) in [5.41, 5.74) is 8.73. The second kappa shape index (κ2) is 26.3. The van der Waals surface area contributed by atoms with Gasteiger partial charge in [0.05, 0.1) is 0 Å². The zero-order valence-electron chi connectivity index (χ0n) is 32.9. The largest absolute Gasteiger partial charge is 0.350 e. The maximum Gasteiger partial charge on any atom is 0.251 e. The van der Waals surface area contributed by atoms with Crippen molar-refractivity contribution in [3.05, 3.63) is 143 Å². The molecule has 2 atom stereocenters. The standard InChI is InChI=1S/C32H38N4O4S2.C7H9N.2C2H6.CH4/c1-31(2,41)25(29(39)33-19-21-12-7-5-8-13-21)35-27(37)23-16-11-17-24(18-23)28(38)36-26(32(3,4)42)30(40)34-20-22-14-9-6-10-15-22;8-6-7-4-2-1-3-5-7;2*1-2;/h5-18,25-26,41-42H,19-20H2,1-4H3,(H,33,39)(H,34,40)(H,35,37)(H,36,38);1-5H,6,8H2;2*1-2H3;1H4. The van der Waals surface area contributed by atoms with E-state index in [-0.39, 0.29) is 30.4 Å². The van der Waals surface area contributed by atoms with E-state index in [1.54, 1.807) is 45.9 Å². The third-order valence-corrected chi connectivity index (χ3v) is 8.09. The Morgan fingerprint density at radius 1 is 0.545 bits per heavy atom. The van der Waals surface area contributed by atoms with Crippen LogP contribution in [-0.2, 0) is 29.2 Å². The van der Waals surface area contributed by atoms with Crippen LogP contribution < -0.4 is 27.0 Å². The molecule has 6 N–H and O–H groups in total. The van der Waals surface area contributed by atoms with Crippen LogP contribution in [0.1, 0.15) is 100 Å². The molecule has 4 aromatic carbocycles. The summed E-state index contributed by atoms with van der Waals surface area (Å²) in [5.74, 6) is -1.86. The molecule has 0 fully saturated rings. The number of benzene rings is 4. The summed E-state index contributed by atoms with van der Waals surface area (Å²) in [7, 11) is 0. The van der Waals surface area contributed by atoms with Crippen molar-refractivity contribution >= 4 is 48.9 Å². The van der Waals surface area contributed by atoms with Gasteiger partial charge in [-0.15, -0.1) is 0 Å². The van der Waals surface area contributed by atoms with Gasteiger partial charge in [0.2, 0.25) is 11.8 Å². The summed E-state index contributed by atoms with van der Waals surface area (Å²) in [6.07, 6.45) is 0. The lowest BCUT2D eigenvalue weighted by molar-refractivity contribution is -0.124. The SMILES string of the molecule is C.CC.CC.CC(C)(S)C(NC(=O)c1cccc(C(=O)NC(C(=O)NCc2ccccc2)C(C)(C)S)c1)C(=O)NCc1ccccc1.NCc1ccccc1. The zero-order valence-corrected chi connectivity index (χ0v) is 34.6. The Hall–Kier alpha value is -4.58. The van der Waals surface area contributed by atoms with E-state index in [4.69, 9.17) is 5.73 Å². The van der Waals surface area contributed by atoms with Crippen molar-refractivity contribution in [1.82, 2.24) is 21.3 Å². The van der Waals surface area contributed by atoms with Gasteiger partial charge in [-0.2, -0.15) is 25.3 Å². The van der Waals surface area contributed by atoms with E-state index < -0.39 is 33.4 Å². The first kappa shape index (κ1) is 50.4. The van der Waals surface area contributed by atoms with Crippen molar-refractivity contribution in [2.75, 3.05) is 0 Å². The van der Waals surface area contributed by atoms with E-state index in [0.29, 0.717) is 19.6 Å². The van der Waals surface area contributed by atoms with Crippen LogP contribution in [0.5, 0.6) is 0 Å². The number of hydrogen-bond acceptors (Lipinski definition) is 7. The highest BCUT2D eigenvalue weighted by atomic mass is 32.1. The Bertz CT molecular complexity index is 1590. The maximum absolute atomic E-state index is 13.2. The van der Waals surface area contributed by atoms with Gasteiger partial charge in [0.15, 0.2) is 0 Å². The Morgan fingerprint density at radius 3 is 1.13 bits per heavy atom. The van der Waals surface area contributed by atoms with Gasteiger partial charge in [0.1, 0.15) is 12.1 Å². The highest BCUT2D eigenvalue weighted by Crippen LogP contribution is 2.21. The van der Waals surface area contributed by atoms with Crippen molar-refractivity contribution in [3.8, 4) is 0 Å². The van der Waals surface area contributed by atoms with Crippen LogP contribution in [0.15, 0.2) is 115 Å². The van der Waals surface area contributed by atoms with Gasteiger partial charge in [-0.25, -0.2) is 0 Å². The highest BCUT2D eigenvalue weighted by Gasteiger charge is 2.35. The number of carbonyl (C=O) groups excluding carboxylic acids is 4. The van der Waals surface area contributed by atoms with Crippen LogP contribution in [0, 0.1) is 0 Å². The Balaban J connectivity index is 0.00000194. The first-order chi connectivity index (χ1) is 25.7. The Kier molecular flexibility index (Phi) is 24.1. The fourth-order valence-electron chi connectivity index (χ4n) is 4.74. The predicted molar refractivity (Wildman–Crippen MR) is 235 cm³/mol. The molecule has 0 aliphatic carbocycles. The number of amides is 4. The smallest absolute Gasteiger partial charge is 0.251 e. The van der Waals surface area contributed by atoms with Crippen LogP contribution in [-0.4, -0.2) is 45.2 Å². The van der Waals surface area contributed by atoms with Gasteiger partial charge in [-0.3, -0.25) is 19.2 Å². The first-order valence-corrected chi connectivity index (χ1v) is 19.1. The lowest BCUT2D eigenvalue weighted by Gasteiger charge is -2.30. The first-order valence-electron chi connectivity index (χ1n) is 18.2. The quantitative estimate of drug-likeness (QED) is 0.0694. The molecule has 0 saturated carbocycles. The fraction of sp³-hybridized carbons (Fsp3) is 0.364. The average Bonchev–Trinajstić information content (AvgIpc) is 3.19. The predicted octanol–water partition coefficient (Wildman–Crippen LogP) is 7.77. The van der Waals surface area contributed by atoms with E-state index >= 15 is 0 Å². The second-order valence-electron chi connectivity index (χ2n) is 12.8. The molecule has 2 unspecified atom stereocenters. The molecule has 11 heteroatoms. The zero-order chi connectivity index (χ0) is 40.7. The van der Waals surface area contributed by atoms with Crippen molar-refractivity contribution in [3.63, 3.8) is 0 Å². The van der Waals surface area contributed by atoms with Crippen molar-refractivity contribution in [2.45, 2.75) is 104 Å². The molecule has 0 radical (unpaired) electrons. The van der Waals surface area contributed by atoms with E-state index in [1.165, 1.54) is 11.6 Å². The lowest BCUT2D eigenvalue weighted by atomic mass is 10.00. The second-order valence-corrected chi connectivity index (χ2v) is 15.1. The molecule has 9 nitrogen and oxygen atoms in total. The molecule has 0 bridgehead atoms. The number of hydrogen-bond donors (Lipinski definition) is 7. The molecule has 0 spiro atoms. The summed E-state index contributed by atoms with van der Waals surface area (Å²) in [4.78, 5) is 52.6. The Morgan fingerprint density at radius 2 is 0.855 bits per heavy atom. The van der Waals surface area contributed by atoms with Crippen molar-refractivity contribution in [2.24, 2.45) is 5.73 Å². The molecule has 300 valence electrons. The number of nitrogens with two attached hydrogens (primary N) is 1.